The van der Waals surface area contributed by atoms with E-state index in [1.807, 2.05) is 37.3 Å². The first-order valence-corrected chi connectivity index (χ1v) is 8.53. The van der Waals surface area contributed by atoms with Crippen molar-refractivity contribution in [3.05, 3.63) is 41.7 Å². The predicted molar refractivity (Wildman–Crippen MR) is 91.4 cm³/mol. The first-order chi connectivity index (χ1) is 12.0. The second-order valence-corrected chi connectivity index (χ2v) is 6.54. The second kappa shape index (κ2) is 7.04. The van der Waals surface area contributed by atoms with Crippen LogP contribution in [0.3, 0.4) is 0 Å². The Hall–Kier alpha value is -2.70. The SMILES string of the molecule is Cc1c(CC(=O)NC2(C(=O)O)CCCCC2)nnn1-c1ccccc1. The molecule has 7 nitrogen and oxygen atoms in total. The highest BCUT2D eigenvalue weighted by atomic mass is 16.4. The van der Waals surface area contributed by atoms with Crippen LogP contribution in [0.5, 0.6) is 0 Å². The molecule has 0 saturated heterocycles. The number of carbonyl (C=O) groups excluding carboxylic acids is 1. The summed E-state index contributed by atoms with van der Waals surface area (Å²) in [4.78, 5) is 24.1. The van der Waals surface area contributed by atoms with Crippen molar-refractivity contribution in [3.8, 4) is 5.69 Å². The smallest absolute Gasteiger partial charge is 0.329 e. The number of benzene rings is 1. The average Bonchev–Trinajstić information content (AvgIpc) is 2.97. The van der Waals surface area contributed by atoms with Crippen LogP contribution in [-0.2, 0) is 16.0 Å². The van der Waals surface area contributed by atoms with Crippen LogP contribution in [0.2, 0.25) is 0 Å². The largest absolute Gasteiger partial charge is 0.480 e. The van der Waals surface area contributed by atoms with E-state index in [0.717, 1.165) is 30.6 Å². The highest BCUT2D eigenvalue weighted by Gasteiger charge is 2.41. The molecule has 0 atom stereocenters. The number of aromatic nitrogens is 3. The Labute approximate surface area is 146 Å². The fourth-order valence-corrected chi connectivity index (χ4v) is 3.35. The van der Waals surface area contributed by atoms with Gasteiger partial charge < -0.3 is 10.4 Å². The summed E-state index contributed by atoms with van der Waals surface area (Å²) < 4.78 is 1.68. The minimum absolute atomic E-state index is 0.0215. The summed E-state index contributed by atoms with van der Waals surface area (Å²) in [7, 11) is 0. The summed E-state index contributed by atoms with van der Waals surface area (Å²) in [6.07, 6.45) is 3.61. The Morgan fingerprint density at radius 1 is 1.20 bits per heavy atom. The highest BCUT2D eigenvalue weighted by Crippen LogP contribution is 2.28. The Balaban J connectivity index is 1.73. The Morgan fingerprint density at radius 3 is 2.52 bits per heavy atom. The molecule has 1 fully saturated rings. The monoisotopic (exact) mass is 342 g/mol. The van der Waals surface area contributed by atoms with Crippen molar-refractivity contribution < 1.29 is 14.7 Å². The van der Waals surface area contributed by atoms with E-state index in [1.54, 1.807) is 4.68 Å². The lowest BCUT2D eigenvalue weighted by molar-refractivity contribution is -0.149. The van der Waals surface area contributed by atoms with Crippen LogP contribution in [0.15, 0.2) is 30.3 Å². The van der Waals surface area contributed by atoms with Gasteiger partial charge in [-0.2, -0.15) is 0 Å². The van der Waals surface area contributed by atoms with Crippen LogP contribution in [0, 0.1) is 6.92 Å². The van der Waals surface area contributed by atoms with Crippen LogP contribution < -0.4 is 5.32 Å². The average molecular weight is 342 g/mol. The molecule has 1 heterocycles. The maximum atomic E-state index is 12.4. The molecule has 0 bridgehead atoms. The van der Waals surface area contributed by atoms with E-state index < -0.39 is 11.5 Å². The summed E-state index contributed by atoms with van der Waals surface area (Å²) in [5, 5.41) is 20.5. The van der Waals surface area contributed by atoms with Gasteiger partial charge in [0.05, 0.1) is 23.5 Å². The van der Waals surface area contributed by atoms with Gasteiger partial charge in [0, 0.05) is 0 Å². The number of carboxylic acids is 1. The third-order valence-corrected chi connectivity index (χ3v) is 4.81. The van der Waals surface area contributed by atoms with E-state index in [9.17, 15) is 14.7 Å². The molecule has 132 valence electrons. The molecule has 25 heavy (non-hydrogen) atoms. The van der Waals surface area contributed by atoms with Gasteiger partial charge in [0.2, 0.25) is 5.91 Å². The van der Waals surface area contributed by atoms with Crippen LogP contribution in [-0.4, -0.2) is 37.5 Å². The van der Waals surface area contributed by atoms with Gasteiger partial charge in [-0.05, 0) is 31.9 Å². The normalized spacial score (nSPS) is 16.4. The lowest BCUT2D eigenvalue weighted by Crippen LogP contribution is -2.56. The number of nitrogens with one attached hydrogen (secondary N) is 1. The van der Waals surface area contributed by atoms with Crippen molar-refractivity contribution in [2.75, 3.05) is 0 Å². The third kappa shape index (κ3) is 3.55. The molecule has 0 spiro atoms. The van der Waals surface area contributed by atoms with Crippen LogP contribution >= 0.6 is 0 Å². The van der Waals surface area contributed by atoms with Crippen molar-refractivity contribution in [3.63, 3.8) is 0 Å². The Kier molecular flexibility index (Phi) is 4.83. The van der Waals surface area contributed by atoms with E-state index in [2.05, 4.69) is 15.6 Å². The number of aliphatic carboxylic acids is 1. The molecule has 1 aromatic heterocycles. The molecular weight excluding hydrogens is 320 g/mol. The molecule has 0 aliphatic heterocycles. The number of hydrogen-bond donors (Lipinski definition) is 2. The first kappa shape index (κ1) is 17.1. The van der Waals surface area contributed by atoms with Gasteiger partial charge in [0.25, 0.3) is 0 Å². The topological polar surface area (TPSA) is 97.1 Å². The van der Waals surface area contributed by atoms with Crippen molar-refractivity contribution in [2.24, 2.45) is 0 Å². The van der Waals surface area contributed by atoms with E-state index in [-0.39, 0.29) is 12.3 Å². The van der Waals surface area contributed by atoms with Gasteiger partial charge in [-0.1, -0.05) is 42.7 Å². The third-order valence-electron chi connectivity index (χ3n) is 4.81. The molecule has 0 unspecified atom stereocenters. The zero-order chi connectivity index (χ0) is 17.9. The predicted octanol–water partition coefficient (Wildman–Crippen LogP) is 2.02. The van der Waals surface area contributed by atoms with Crippen LogP contribution in [0.4, 0.5) is 0 Å². The van der Waals surface area contributed by atoms with Crippen LogP contribution in [0.25, 0.3) is 5.69 Å². The van der Waals surface area contributed by atoms with E-state index in [0.29, 0.717) is 18.5 Å². The molecule has 1 aliphatic rings. The number of nitrogens with zero attached hydrogens (tertiary/aromatic N) is 3. The molecule has 1 aliphatic carbocycles. The molecule has 2 aromatic rings. The lowest BCUT2D eigenvalue weighted by Gasteiger charge is -2.33. The van der Waals surface area contributed by atoms with Crippen molar-refractivity contribution in [1.29, 1.82) is 0 Å². The zero-order valence-corrected chi connectivity index (χ0v) is 14.2. The van der Waals surface area contributed by atoms with Gasteiger partial charge in [0.15, 0.2) is 0 Å². The van der Waals surface area contributed by atoms with Gasteiger partial charge in [-0.15, -0.1) is 5.10 Å². The maximum absolute atomic E-state index is 12.4. The maximum Gasteiger partial charge on any atom is 0.329 e. The summed E-state index contributed by atoms with van der Waals surface area (Å²) >= 11 is 0. The number of amides is 1. The zero-order valence-electron chi connectivity index (χ0n) is 14.2. The van der Waals surface area contributed by atoms with Gasteiger partial charge in [-0.25, -0.2) is 9.48 Å². The molecule has 1 saturated carbocycles. The summed E-state index contributed by atoms with van der Waals surface area (Å²) in [5.74, 6) is -1.28. The van der Waals surface area contributed by atoms with Crippen LogP contribution in [0.1, 0.15) is 43.5 Å². The number of para-hydroxylation sites is 1. The highest BCUT2D eigenvalue weighted by molar-refractivity contribution is 5.88. The minimum Gasteiger partial charge on any atom is -0.480 e. The quantitative estimate of drug-likeness (QED) is 0.866. The van der Waals surface area contributed by atoms with Crippen molar-refractivity contribution in [1.82, 2.24) is 20.3 Å². The molecular formula is C18H22N4O3. The van der Waals surface area contributed by atoms with Crippen molar-refractivity contribution >= 4 is 11.9 Å². The van der Waals surface area contributed by atoms with E-state index in [4.69, 9.17) is 0 Å². The molecule has 2 N–H and O–H groups in total. The molecule has 7 heteroatoms. The number of carbonyl (C=O) groups is 2. The van der Waals surface area contributed by atoms with Gasteiger partial charge >= 0.3 is 5.97 Å². The number of hydrogen-bond acceptors (Lipinski definition) is 4. The number of carboxylic acid groups (broad SMARTS) is 1. The fraction of sp³-hybridized carbons (Fsp3) is 0.444. The van der Waals surface area contributed by atoms with Gasteiger partial charge in [0.1, 0.15) is 5.54 Å². The van der Waals surface area contributed by atoms with E-state index >= 15 is 0 Å². The molecule has 0 radical (unpaired) electrons. The summed E-state index contributed by atoms with van der Waals surface area (Å²) in [5.41, 5.74) is 1.05. The number of rotatable bonds is 5. The summed E-state index contributed by atoms with van der Waals surface area (Å²) in [6.45, 7) is 1.85. The van der Waals surface area contributed by atoms with E-state index in [1.165, 1.54) is 0 Å². The minimum atomic E-state index is -1.14. The fourth-order valence-electron chi connectivity index (χ4n) is 3.35. The van der Waals surface area contributed by atoms with Crippen molar-refractivity contribution in [2.45, 2.75) is 51.0 Å². The standard InChI is InChI=1S/C18H22N4O3/c1-13-15(20-21-22(13)14-8-4-2-5-9-14)12-16(23)19-18(17(24)25)10-6-3-7-11-18/h2,4-5,8-9H,3,6-7,10-12H2,1H3,(H,19,23)(H,24,25). The van der Waals surface area contributed by atoms with Gasteiger partial charge in [-0.3, -0.25) is 4.79 Å². The Bertz CT molecular complexity index is 764. The molecule has 1 amide bonds. The first-order valence-electron chi connectivity index (χ1n) is 8.53. The summed E-state index contributed by atoms with van der Waals surface area (Å²) in [6, 6.07) is 9.55. The Morgan fingerprint density at radius 2 is 1.88 bits per heavy atom. The second-order valence-electron chi connectivity index (χ2n) is 6.54. The molecule has 3 rings (SSSR count). The lowest BCUT2D eigenvalue weighted by atomic mass is 9.81. The molecule has 1 aromatic carbocycles.